The van der Waals surface area contributed by atoms with Gasteiger partial charge in [-0.1, -0.05) is 37.3 Å². The van der Waals surface area contributed by atoms with Crippen molar-refractivity contribution in [1.29, 1.82) is 0 Å². The molecule has 2 aliphatic rings. The molecular formula is C25H34N2O5S. The third-order valence-electron chi connectivity index (χ3n) is 6.88. The maximum Gasteiger partial charge on any atom is 0.243 e. The smallest absolute Gasteiger partial charge is 0.243 e. The number of sulfonamides is 1. The van der Waals surface area contributed by atoms with E-state index in [-0.39, 0.29) is 5.92 Å². The van der Waals surface area contributed by atoms with Crippen LogP contribution >= 0.6 is 0 Å². The second-order valence-electron chi connectivity index (χ2n) is 9.25. The molecule has 2 atom stereocenters. The predicted molar refractivity (Wildman–Crippen MR) is 129 cm³/mol. The van der Waals surface area contributed by atoms with Crippen LogP contribution < -0.4 is 4.90 Å². The highest BCUT2D eigenvalue weighted by molar-refractivity contribution is 7.89. The number of benzene rings is 2. The van der Waals surface area contributed by atoms with Crippen molar-refractivity contribution in [3.05, 3.63) is 49.1 Å². The Kier molecular flexibility index (Phi) is 6.59. The normalized spacial score (nSPS) is 24.2. The number of hydrogen-bond acceptors (Lipinski definition) is 6. The highest BCUT2D eigenvalue weighted by Crippen LogP contribution is 2.45. The Morgan fingerprint density at radius 2 is 1.79 bits per heavy atom. The van der Waals surface area contributed by atoms with E-state index in [1.165, 1.54) is 4.31 Å². The first-order valence-electron chi connectivity index (χ1n) is 11.5. The molecular weight excluding hydrogens is 440 g/mol. The molecule has 2 saturated heterocycles. The molecule has 2 fully saturated rings. The van der Waals surface area contributed by atoms with Gasteiger partial charge in [-0.25, -0.2) is 8.42 Å². The molecule has 0 aliphatic carbocycles. The number of anilines is 1. The minimum atomic E-state index is -3.69. The van der Waals surface area contributed by atoms with E-state index in [1.807, 2.05) is 56.3 Å². The Morgan fingerprint density at radius 1 is 1.12 bits per heavy atom. The fourth-order valence-corrected chi connectivity index (χ4v) is 6.59. The van der Waals surface area contributed by atoms with Crippen molar-refractivity contribution >= 4 is 26.5 Å². The summed E-state index contributed by atoms with van der Waals surface area (Å²) in [6, 6.07) is 11.2. The molecule has 2 aliphatic heterocycles. The first-order chi connectivity index (χ1) is 15.7. The Labute approximate surface area is 196 Å². The third kappa shape index (κ3) is 4.31. The van der Waals surface area contributed by atoms with Crippen LogP contribution in [0.2, 0.25) is 0 Å². The highest BCUT2D eigenvalue weighted by Gasteiger charge is 2.55. The SMILES string of the molecule is C=CCC(CC)C1(C)OOC2(CCN(S(=O)(=O)c3cccc4c(N(C)C)cccc34)CC2)O1. The van der Waals surface area contributed by atoms with Crippen molar-refractivity contribution in [3.63, 3.8) is 0 Å². The zero-order valence-electron chi connectivity index (χ0n) is 19.9. The van der Waals surface area contributed by atoms with Gasteiger partial charge in [0.1, 0.15) is 0 Å². The van der Waals surface area contributed by atoms with E-state index < -0.39 is 21.6 Å². The van der Waals surface area contributed by atoms with Crippen molar-refractivity contribution in [3.8, 4) is 0 Å². The summed E-state index contributed by atoms with van der Waals surface area (Å²) in [5, 5.41) is 1.64. The molecule has 0 aromatic heterocycles. The van der Waals surface area contributed by atoms with E-state index in [9.17, 15) is 8.42 Å². The molecule has 33 heavy (non-hydrogen) atoms. The summed E-state index contributed by atoms with van der Waals surface area (Å²) in [5.74, 6) is -1.69. The minimum Gasteiger partial charge on any atom is -0.377 e. The molecule has 1 spiro atoms. The van der Waals surface area contributed by atoms with Crippen molar-refractivity contribution in [1.82, 2.24) is 4.31 Å². The molecule has 7 nitrogen and oxygen atoms in total. The van der Waals surface area contributed by atoms with Crippen LogP contribution in [-0.4, -0.2) is 51.5 Å². The van der Waals surface area contributed by atoms with Gasteiger partial charge in [0, 0.05) is 62.4 Å². The largest absolute Gasteiger partial charge is 0.377 e. The molecule has 0 radical (unpaired) electrons. The summed E-state index contributed by atoms with van der Waals surface area (Å²) in [4.78, 5) is 13.7. The molecule has 2 heterocycles. The van der Waals surface area contributed by atoms with Crippen LogP contribution in [0.15, 0.2) is 53.9 Å². The van der Waals surface area contributed by atoms with Crippen LogP contribution in [0.4, 0.5) is 5.69 Å². The van der Waals surface area contributed by atoms with Crippen LogP contribution in [0.3, 0.4) is 0 Å². The molecule has 2 aromatic carbocycles. The van der Waals surface area contributed by atoms with E-state index in [0.717, 1.165) is 29.3 Å². The average Bonchev–Trinajstić information content (AvgIpc) is 3.13. The van der Waals surface area contributed by atoms with Crippen molar-refractivity contribution in [2.75, 3.05) is 32.1 Å². The van der Waals surface area contributed by atoms with E-state index in [4.69, 9.17) is 14.5 Å². The van der Waals surface area contributed by atoms with Crippen LogP contribution in [0.1, 0.15) is 39.5 Å². The lowest BCUT2D eigenvalue weighted by Crippen LogP contribution is -2.49. The summed E-state index contributed by atoms with van der Waals surface area (Å²) in [6.45, 7) is 8.39. The van der Waals surface area contributed by atoms with Gasteiger partial charge in [-0.3, -0.25) is 0 Å². The molecule has 2 aromatic rings. The van der Waals surface area contributed by atoms with Gasteiger partial charge < -0.3 is 9.64 Å². The maximum atomic E-state index is 13.6. The van der Waals surface area contributed by atoms with Crippen molar-refractivity contribution in [2.24, 2.45) is 5.92 Å². The van der Waals surface area contributed by atoms with Crippen molar-refractivity contribution in [2.45, 2.75) is 56.0 Å². The van der Waals surface area contributed by atoms with Gasteiger partial charge in [-0.05, 0) is 31.9 Å². The van der Waals surface area contributed by atoms with Crippen LogP contribution in [-0.2, 0) is 24.5 Å². The second-order valence-corrected chi connectivity index (χ2v) is 11.2. The zero-order valence-corrected chi connectivity index (χ0v) is 20.7. The monoisotopic (exact) mass is 474 g/mol. The Balaban J connectivity index is 1.55. The molecule has 0 bridgehead atoms. The van der Waals surface area contributed by atoms with E-state index in [0.29, 0.717) is 30.8 Å². The first kappa shape index (κ1) is 24.2. The van der Waals surface area contributed by atoms with Crippen LogP contribution in [0, 0.1) is 5.92 Å². The number of fused-ring (bicyclic) bond motifs is 1. The van der Waals surface area contributed by atoms with Crippen LogP contribution in [0.25, 0.3) is 10.8 Å². The predicted octanol–water partition coefficient (Wildman–Crippen LogP) is 4.68. The zero-order chi connectivity index (χ0) is 23.9. The molecule has 0 amide bonds. The van der Waals surface area contributed by atoms with E-state index in [2.05, 4.69) is 13.5 Å². The maximum absolute atomic E-state index is 13.6. The van der Waals surface area contributed by atoms with Gasteiger partial charge in [0.15, 0.2) is 0 Å². The average molecular weight is 475 g/mol. The number of hydrogen-bond donors (Lipinski definition) is 0. The van der Waals surface area contributed by atoms with Gasteiger partial charge in [0.2, 0.25) is 21.6 Å². The third-order valence-corrected chi connectivity index (χ3v) is 8.83. The highest BCUT2D eigenvalue weighted by atomic mass is 32.2. The second kappa shape index (κ2) is 9.00. The van der Waals surface area contributed by atoms with Crippen molar-refractivity contribution < 1.29 is 22.9 Å². The van der Waals surface area contributed by atoms with Gasteiger partial charge in [0.05, 0.1) is 4.90 Å². The first-order valence-corrected chi connectivity index (χ1v) is 13.0. The van der Waals surface area contributed by atoms with Gasteiger partial charge >= 0.3 is 0 Å². The lowest BCUT2D eigenvalue weighted by Gasteiger charge is -2.37. The standard InChI is InChI=1S/C25H34N2O5S/c1-6-10-19(7-2)24(3)30-25(32-31-24)15-17-27(18-16-25)33(28,29)23-14-9-11-20-21(23)12-8-13-22(20)26(4)5/h6,8-9,11-14,19H,1,7,10,15-18H2,2-5H3. The summed E-state index contributed by atoms with van der Waals surface area (Å²) >= 11 is 0. The topological polar surface area (TPSA) is 68.3 Å². The molecule has 0 saturated carbocycles. The Hall–Kier alpha value is -1.97. The number of nitrogens with zero attached hydrogens (tertiary/aromatic N) is 2. The number of allylic oxidation sites excluding steroid dienone is 1. The molecule has 2 unspecified atom stereocenters. The number of ether oxygens (including phenoxy) is 1. The van der Waals surface area contributed by atoms with Gasteiger partial charge in [-0.2, -0.15) is 14.1 Å². The summed E-state index contributed by atoms with van der Waals surface area (Å²) in [6.07, 6.45) is 4.28. The quantitative estimate of drug-likeness (QED) is 0.429. The lowest BCUT2D eigenvalue weighted by atomic mass is 9.93. The summed E-state index contributed by atoms with van der Waals surface area (Å²) < 4.78 is 35.2. The van der Waals surface area contributed by atoms with Gasteiger partial charge in [0.25, 0.3) is 0 Å². The minimum absolute atomic E-state index is 0.109. The lowest BCUT2D eigenvalue weighted by molar-refractivity contribution is -0.359. The molecule has 0 N–H and O–H groups in total. The van der Waals surface area contributed by atoms with Gasteiger partial charge in [-0.15, -0.1) is 6.58 Å². The Bertz CT molecular complexity index is 1120. The molecule has 8 heteroatoms. The molecule has 4 rings (SSSR count). The van der Waals surface area contributed by atoms with E-state index >= 15 is 0 Å². The summed E-state index contributed by atoms with van der Waals surface area (Å²) in [7, 11) is 0.222. The van der Waals surface area contributed by atoms with E-state index in [1.54, 1.807) is 12.1 Å². The Morgan fingerprint density at radius 3 is 2.42 bits per heavy atom. The summed E-state index contributed by atoms with van der Waals surface area (Å²) in [5.41, 5.74) is 0.983. The molecule has 180 valence electrons. The fraction of sp³-hybridized carbons (Fsp3) is 0.520. The number of rotatable bonds is 7. The van der Waals surface area contributed by atoms with Crippen LogP contribution in [0.5, 0.6) is 0 Å². The fourth-order valence-electron chi connectivity index (χ4n) is 4.94. The number of piperidine rings is 1.